The second kappa shape index (κ2) is 7.27. The third kappa shape index (κ3) is 3.47. The fourth-order valence-corrected chi connectivity index (χ4v) is 3.45. The van der Waals surface area contributed by atoms with E-state index in [1.54, 1.807) is 18.2 Å². The van der Waals surface area contributed by atoms with Gasteiger partial charge in [-0.2, -0.15) is 0 Å². The lowest BCUT2D eigenvalue weighted by atomic mass is 10.0. The molecule has 0 aromatic heterocycles. The molecule has 0 unspecified atom stereocenters. The number of halogens is 2. The van der Waals surface area contributed by atoms with E-state index in [1.165, 1.54) is 0 Å². The van der Waals surface area contributed by atoms with Crippen LogP contribution in [-0.4, -0.2) is 9.55 Å². The van der Waals surface area contributed by atoms with Crippen LogP contribution in [0.2, 0.25) is 10.0 Å². The van der Waals surface area contributed by atoms with Crippen LogP contribution in [0.1, 0.15) is 11.1 Å². The van der Waals surface area contributed by atoms with Crippen molar-refractivity contribution in [1.29, 1.82) is 0 Å². The first kappa shape index (κ1) is 18.5. The van der Waals surface area contributed by atoms with Crippen molar-refractivity contribution in [2.45, 2.75) is 6.42 Å². The summed E-state index contributed by atoms with van der Waals surface area (Å²) in [4.78, 5) is 17.4. The second-order valence-electron chi connectivity index (χ2n) is 6.57. The smallest absolute Gasteiger partial charge is 0.184 e. The van der Waals surface area contributed by atoms with Crippen molar-refractivity contribution in [3.05, 3.63) is 103 Å². The van der Waals surface area contributed by atoms with Gasteiger partial charge in [0.1, 0.15) is 0 Å². The zero-order chi connectivity index (χ0) is 19.8. The van der Waals surface area contributed by atoms with Crippen LogP contribution < -0.4 is 16.1 Å². The Kier molecular flexibility index (Phi) is 4.80. The minimum absolute atomic E-state index is 0.0526. The third-order valence-electron chi connectivity index (χ3n) is 4.65. The van der Waals surface area contributed by atoms with Crippen molar-refractivity contribution in [2.75, 3.05) is 0 Å². The monoisotopic (exact) mass is 406 g/mol. The Bertz CT molecular complexity index is 1290. The predicted molar refractivity (Wildman–Crippen MR) is 116 cm³/mol. The van der Waals surface area contributed by atoms with Crippen LogP contribution in [0.25, 0.3) is 30.2 Å². The summed E-state index contributed by atoms with van der Waals surface area (Å²) in [5.74, 6) is 0. The Morgan fingerprint density at radius 2 is 1.50 bits per heavy atom. The highest BCUT2D eigenvalue weighted by Gasteiger charge is 2.15. The fraction of sp³-hybridized carbons (Fsp3) is 0.0435. The maximum atomic E-state index is 12.8. The van der Waals surface area contributed by atoms with Crippen LogP contribution in [0.15, 0.2) is 65.5 Å². The standard InChI is InChI=1S/C23H16Cl2N2O/c1-14-15(2)27(20-9-7-19(25)8-10-20)22-13-23(28)17(12-21(22)26-14)11-16-3-5-18(24)6-4-16/h3-10,12-13H,1-2,11H2. The van der Waals surface area contributed by atoms with E-state index < -0.39 is 0 Å². The molecule has 0 bridgehead atoms. The van der Waals surface area contributed by atoms with Crippen LogP contribution >= 0.6 is 23.2 Å². The van der Waals surface area contributed by atoms with E-state index in [1.807, 2.05) is 47.0 Å². The number of hydrogen-bond acceptors (Lipinski definition) is 2. The summed E-state index contributed by atoms with van der Waals surface area (Å²) in [7, 11) is 0. The molecule has 1 aliphatic carbocycles. The van der Waals surface area contributed by atoms with E-state index in [9.17, 15) is 4.79 Å². The van der Waals surface area contributed by atoms with E-state index in [0.717, 1.165) is 11.3 Å². The SMILES string of the molecule is C=c1nc2cc(Cc3ccc(Cl)cc3)c(=O)cc-2n(-c2ccc(Cl)cc2)c1=C. The topological polar surface area (TPSA) is 34.9 Å². The van der Waals surface area contributed by atoms with Gasteiger partial charge in [0.2, 0.25) is 0 Å². The molecule has 0 radical (unpaired) electrons. The minimum Gasteiger partial charge on any atom is -0.307 e. The number of fused-ring (bicyclic) bond motifs is 1. The molecule has 0 N–H and O–H groups in total. The zero-order valence-corrected chi connectivity index (χ0v) is 16.5. The maximum absolute atomic E-state index is 12.8. The zero-order valence-electron chi connectivity index (χ0n) is 15.0. The van der Waals surface area contributed by atoms with Crippen molar-refractivity contribution in [1.82, 2.24) is 9.55 Å². The highest BCUT2D eigenvalue weighted by Crippen LogP contribution is 2.22. The molecular weight excluding hydrogens is 391 g/mol. The van der Waals surface area contributed by atoms with Gasteiger partial charge in [-0.25, -0.2) is 4.98 Å². The van der Waals surface area contributed by atoms with Gasteiger partial charge in [0.25, 0.3) is 0 Å². The Labute approximate surface area is 172 Å². The summed E-state index contributed by atoms with van der Waals surface area (Å²) >= 11 is 12.0. The van der Waals surface area contributed by atoms with Gasteiger partial charge < -0.3 is 4.57 Å². The summed E-state index contributed by atoms with van der Waals surface area (Å²) in [5.41, 5.74) is 3.84. The van der Waals surface area contributed by atoms with Crippen LogP contribution in [0.5, 0.6) is 0 Å². The van der Waals surface area contributed by atoms with Crippen LogP contribution in [0, 0.1) is 0 Å². The molecule has 0 saturated heterocycles. The first-order valence-electron chi connectivity index (χ1n) is 8.66. The minimum atomic E-state index is -0.0526. The van der Waals surface area contributed by atoms with Crippen molar-refractivity contribution in [3.8, 4) is 17.1 Å². The van der Waals surface area contributed by atoms with Gasteiger partial charge >= 0.3 is 0 Å². The number of rotatable bonds is 3. The molecule has 4 rings (SSSR count). The lowest BCUT2D eigenvalue weighted by Gasteiger charge is -2.17. The molecule has 2 aromatic carbocycles. The van der Waals surface area contributed by atoms with E-state index in [4.69, 9.17) is 23.2 Å². The van der Waals surface area contributed by atoms with Crippen molar-refractivity contribution in [3.63, 3.8) is 0 Å². The number of nitrogens with zero attached hydrogens (tertiary/aromatic N) is 2. The van der Waals surface area contributed by atoms with E-state index in [2.05, 4.69) is 18.1 Å². The van der Waals surface area contributed by atoms with Crippen molar-refractivity contribution in [2.24, 2.45) is 0 Å². The van der Waals surface area contributed by atoms with Gasteiger partial charge in [0.15, 0.2) is 5.43 Å². The second-order valence-corrected chi connectivity index (χ2v) is 7.44. The molecule has 0 amide bonds. The van der Waals surface area contributed by atoms with Crippen LogP contribution in [0.4, 0.5) is 0 Å². The van der Waals surface area contributed by atoms with Gasteiger partial charge in [-0.3, -0.25) is 4.79 Å². The van der Waals surface area contributed by atoms with E-state index in [-0.39, 0.29) is 5.43 Å². The van der Waals surface area contributed by atoms with Crippen molar-refractivity contribution < 1.29 is 0 Å². The predicted octanol–water partition coefficient (Wildman–Crippen LogP) is 4.06. The molecular formula is C23H16Cl2N2O. The first-order valence-corrected chi connectivity index (χ1v) is 9.42. The van der Waals surface area contributed by atoms with Gasteiger partial charge in [0.05, 0.1) is 22.1 Å². The molecule has 0 saturated carbocycles. The number of hydrogen-bond donors (Lipinski definition) is 0. The normalized spacial score (nSPS) is 11.1. The molecule has 138 valence electrons. The van der Waals surface area contributed by atoms with Gasteiger partial charge in [-0.1, -0.05) is 48.5 Å². The molecule has 5 heteroatoms. The molecule has 1 heterocycles. The van der Waals surface area contributed by atoms with E-state index in [0.29, 0.717) is 44.1 Å². The molecule has 1 aliphatic heterocycles. The highest BCUT2D eigenvalue weighted by molar-refractivity contribution is 6.30. The molecule has 2 aromatic rings. The highest BCUT2D eigenvalue weighted by atomic mass is 35.5. The molecule has 28 heavy (non-hydrogen) atoms. The van der Waals surface area contributed by atoms with Gasteiger partial charge in [-0.05, 0) is 48.0 Å². The summed E-state index contributed by atoms with van der Waals surface area (Å²) in [6, 6.07) is 18.2. The van der Waals surface area contributed by atoms with Crippen molar-refractivity contribution >= 4 is 36.4 Å². The maximum Gasteiger partial charge on any atom is 0.184 e. The molecule has 3 nitrogen and oxygen atoms in total. The Balaban J connectivity index is 1.90. The van der Waals surface area contributed by atoms with Gasteiger partial charge in [0, 0.05) is 33.8 Å². The van der Waals surface area contributed by atoms with Crippen LogP contribution in [0.3, 0.4) is 0 Å². The van der Waals surface area contributed by atoms with E-state index >= 15 is 0 Å². The first-order chi connectivity index (χ1) is 13.4. The summed E-state index contributed by atoms with van der Waals surface area (Å²) in [6.45, 7) is 8.09. The third-order valence-corrected chi connectivity index (χ3v) is 5.15. The summed E-state index contributed by atoms with van der Waals surface area (Å²) in [5, 5.41) is 2.48. The fourth-order valence-electron chi connectivity index (χ4n) is 3.20. The lowest BCUT2D eigenvalue weighted by molar-refractivity contribution is 0.944. The lowest BCUT2D eigenvalue weighted by Crippen LogP contribution is -2.37. The Morgan fingerprint density at radius 3 is 2.14 bits per heavy atom. The van der Waals surface area contributed by atoms with Gasteiger partial charge in [-0.15, -0.1) is 0 Å². The molecule has 0 atom stereocenters. The summed E-state index contributed by atoms with van der Waals surface area (Å²) in [6.07, 6.45) is 0.507. The quantitative estimate of drug-likeness (QED) is 0.514. The Morgan fingerprint density at radius 1 is 0.893 bits per heavy atom. The molecule has 2 aliphatic rings. The largest absolute Gasteiger partial charge is 0.307 e. The number of benzene rings is 3. The average molecular weight is 407 g/mol. The average Bonchev–Trinajstić information content (AvgIpc) is 2.67. The van der Waals surface area contributed by atoms with Crippen LogP contribution in [-0.2, 0) is 6.42 Å². The molecule has 0 fully saturated rings. The Hall–Kier alpha value is -2.88. The summed E-state index contributed by atoms with van der Waals surface area (Å²) < 4.78 is 1.88. The number of aromatic nitrogens is 2. The molecule has 0 spiro atoms.